The monoisotopic (exact) mass is 349 g/mol. The Morgan fingerprint density at radius 2 is 1.85 bits per heavy atom. The molecule has 0 unspecified atom stereocenters. The van der Waals surface area contributed by atoms with Gasteiger partial charge in [0, 0.05) is 37.1 Å². The first-order valence-electron chi connectivity index (χ1n) is 8.56. The first-order chi connectivity index (χ1) is 12.3. The molecule has 0 aliphatic rings. The van der Waals surface area contributed by atoms with Gasteiger partial charge in [0.15, 0.2) is 0 Å². The zero-order chi connectivity index (χ0) is 18.8. The summed E-state index contributed by atoms with van der Waals surface area (Å²) < 4.78 is 0. The third-order valence-electron chi connectivity index (χ3n) is 4.54. The highest BCUT2D eigenvalue weighted by molar-refractivity contribution is 6.06. The van der Waals surface area contributed by atoms with Gasteiger partial charge in [0.25, 0.3) is 5.91 Å². The lowest BCUT2D eigenvalue weighted by atomic mass is 10.1. The number of aryl methyl sites for hydroxylation is 2. The maximum Gasteiger partial charge on any atom is 0.272 e. The van der Waals surface area contributed by atoms with Gasteiger partial charge >= 0.3 is 0 Å². The van der Waals surface area contributed by atoms with Gasteiger partial charge in [-0.3, -0.25) is 9.59 Å². The Bertz CT molecular complexity index is 988. The number of H-pyrrole nitrogens is 1. The molecule has 2 N–H and O–H groups in total. The standard InChI is InChI=1S/C21H23N3O2/c1-13-9-14(2)17-11-20(22-19(17)10-13)21(26)23-18-8-6-5-7-16(18)12-24(4)15(3)25/h5-11,22H,12H2,1-4H3,(H,23,26). The predicted molar refractivity (Wildman–Crippen MR) is 104 cm³/mol. The van der Waals surface area contributed by atoms with Gasteiger partial charge in [0.1, 0.15) is 5.69 Å². The van der Waals surface area contributed by atoms with Crippen molar-refractivity contribution in [3.05, 3.63) is 64.8 Å². The molecule has 3 rings (SSSR count). The molecule has 0 radical (unpaired) electrons. The van der Waals surface area contributed by atoms with Crippen LogP contribution in [0.2, 0.25) is 0 Å². The largest absolute Gasteiger partial charge is 0.351 e. The lowest BCUT2D eigenvalue weighted by Gasteiger charge is -2.17. The highest BCUT2D eigenvalue weighted by atomic mass is 16.2. The molecule has 2 aromatic carbocycles. The third kappa shape index (κ3) is 3.61. The topological polar surface area (TPSA) is 65.2 Å². The minimum Gasteiger partial charge on any atom is -0.351 e. The Kier molecular flexibility index (Phi) is 4.80. The Morgan fingerprint density at radius 3 is 2.58 bits per heavy atom. The van der Waals surface area contributed by atoms with Gasteiger partial charge in [-0.25, -0.2) is 0 Å². The van der Waals surface area contributed by atoms with Crippen LogP contribution in [-0.2, 0) is 11.3 Å². The second-order valence-electron chi connectivity index (χ2n) is 6.71. The molecule has 1 heterocycles. The number of carbonyl (C=O) groups is 2. The molecule has 5 nitrogen and oxygen atoms in total. The van der Waals surface area contributed by atoms with E-state index >= 15 is 0 Å². The maximum atomic E-state index is 12.7. The van der Waals surface area contributed by atoms with Crippen LogP contribution in [0.3, 0.4) is 0 Å². The van der Waals surface area contributed by atoms with Gasteiger partial charge in [-0.1, -0.05) is 24.3 Å². The van der Waals surface area contributed by atoms with Crippen LogP contribution in [0.25, 0.3) is 10.9 Å². The number of benzene rings is 2. The summed E-state index contributed by atoms with van der Waals surface area (Å²) in [7, 11) is 1.74. The van der Waals surface area contributed by atoms with E-state index in [1.807, 2.05) is 50.2 Å². The van der Waals surface area contributed by atoms with Crippen LogP contribution in [-0.4, -0.2) is 28.7 Å². The molecule has 0 atom stereocenters. The van der Waals surface area contributed by atoms with Crippen molar-refractivity contribution in [3.8, 4) is 0 Å². The van der Waals surface area contributed by atoms with Crippen molar-refractivity contribution in [1.82, 2.24) is 9.88 Å². The van der Waals surface area contributed by atoms with E-state index in [0.29, 0.717) is 17.9 Å². The van der Waals surface area contributed by atoms with Gasteiger partial charge in [-0.15, -0.1) is 0 Å². The molecule has 0 bridgehead atoms. The van der Waals surface area contributed by atoms with E-state index in [2.05, 4.69) is 16.4 Å². The molecule has 0 spiro atoms. The summed E-state index contributed by atoms with van der Waals surface area (Å²) in [5, 5.41) is 4.00. The fourth-order valence-electron chi connectivity index (χ4n) is 3.06. The van der Waals surface area contributed by atoms with Crippen molar-refractivity contribution in [1.29, 1.82) is 0 Å². The molecule has 5 heteroatoms. The average Bonchev–Trinajstić information content (AvgIpc) is 3.01. The first-order valence-corrected chi connectivity index (χ1v) is 8.56. The van der Waals surface area contributed by atoms with Gasteiger partial charge in [0.05, 0.1) is 0 Å². The third-order valence-corrected chi connectivity index (χ3v) is 4.54. The highest BCUT2D eigenvalue weighted by Crippen LogP contribution is 2.23. The summed E-state index contributed by atoms with van der Waals surface area (Å²) in [6.45, 7) is 6.04. The molecule has 0 saturated carbocycles. The average molecular weight is 349 g/mol. The number of rotatable bonds is 4. The normalized spacial score (nSPS) is 10.8. The number of hydrogen-bond acceptors (Lipinski definition) is 2. The number of carbonyl (C=O) groups excluding carboxylic acids is 2. The van der Waals surface area contributed by atoms with Crippen molar-refractivity contribution in [2.45, 2.75) is 27.3 Å². The molecule has 1 aromatic heterocycles. The fourth-order valence-corrected chi connectivity index (χ4v) is 3.06. The fraction of sp³-hybridized carbons (Fsp3) is 0.238. The summed E-state index contributed by atoms with van der Waals surface area (Å²) in [6.07, 6.45) is 0. The van der Waals surface area contributed by atoms with Crippen LogP contribution in [0.4, 0.5) is 5.69 Å². The molecular formula is C21H23N3O2. The number of nitrogens with zero attached hydrogens (tertiary/aromatic N) is 1. The Labute approximate surface area is 153 Å². The molecule has 0 fully saturated rings. The van der Waals surface area contributed by atoms with Crippen molar-refractivity contribution in [3.63, 3.8) is 0 Å². The van der Waals surface area contributed by atoms with Crippen molar-refractivity contribution in [2.24, 2.45) is 0 Å². The summed E-state index contributed by atoms with van der Waals surface area (Å²) in [5.41, 5.74) is 5.36. The van der Waals surface area contributed by atoms with E-state index in [-0.39, 0.29) is 11.8 Å². The van der Waals surface area contributed by atoms with Gasteiger partial charge in [0.2, 0.25) is 5.91 Å². The highest BCUT2D eigenvalue weighted by Gasteiger charge is 2.14. The molecule has 0 aliphatic heterocycles. The van der Waals surface area contributed by atoms with Crippen molar-refractivity contribution in [2.75, 3.05) is 12.4 Å². The zero-order valence-corrected chi connectivity index (χ0v) is 15.5. The molecule has 134 valence electrons. The molecular weight excluding hydrogens is 326 g/mol. The Hall–Kier alpha value is -3.08. The summed E-state index contributed by atoms with van der Waals surface area (Å²) in [6, 6.07) is 13.5. The lowest BCUT2D eigenvalue weighted by Crippen LogP contribution is -2.24. The summed E-state index contributed by atoms with van der Waals surface area (Å²) >= 11 is 0. The molecule has 2 amide bonds. The second kappa shape index (κ2) is 7.04. The van der Waals surface area contributed by atoms with E-state index in [1.54, 1.807) is 11.9 Å². The van der Waals surface area contributed by atoms with Crippen LogP contribution >= 0.6 is 0 Å². The number of aromatic nitrogens is 1. The quantitative estimate of drug-likeness (QED) is 0.747. The van der Waals surface area contributed by atoms with Crippen LogP contribution in [0, 0.1) is 13.8 Å². The number of amides is 2. The van der Waals surface area contributed by atoms with Gasteiger partial charge in [-0.2, -0.15) is 0 Å². The van der Waals surface area contributed by atoms with E-state index in [1.165, 1.54) is 6.92 Å². The minimum absolute atomic E-state index is 0.0207. The van der Waals surface area contributed by atoms with Crippen LogP contribution < -0.4 is 5.32 Å². The van der Waals surface area contributed by atoms with Crippen LogP contribution in [0.1, 0.15) is 34.1 Å². The van der Waals surface area contributed by atoms with E-state index in [9.17, 15) is 9.59 Å². The number of fused-ring (bicyclic) bond motifs is 1. The SMILES string of the molecule is CC(=O)N(C)Cc1ccccc1NC(=O)c1cc2c(C)cc(C)cc2[nH]1. The number of para-hydroxylation sites is 1. The smallest absolute Gasteiger partial charge is 0.272 e. The summed E-state index contributed by atoms with van der Waals surface area (Å²) in [5.74, 6) is -0.219. The lowest BCUT2D eigenvalue weighted by molar-refractivity contribution is -0.128. The van der Waals surface area contributed by atoms with E-state index < -0.39 is 0 Å². The van der Waals surface area contributed by atoms with Gasteiger partial charge < -0.3 is 15.2 Å². The number of hydrogen-bond donors (Lipinski definition) is 2. The van der Waals surface area contributed by atoms with Crippen LogP contribution in [0.5, 0.6) is 0 Å². The summed E-state index contributed by atoms with van der Waals surface area (Å²) in [4.78, 5) is 29.0. The zero-order valence-electron chi connectivity index (χ0n) is 15.5. The first kappa shape index (κ1) is 17.7. The Balaban J connectivity index is 1.87. The number of aromatic amines is 1. The van der Waals surface area contributed by atoms with E-state index in [4.69, 9.17) is 0 Å². The Morgan fingerprint density at radius 1 is 1.12 bits per heavy atom. The molecule has 26 heavy (non-hydrogen) atoms. The molecule has 0 saturated heterocycles. The maximum absolute atomic E-state index is 12.7. The predicted octanol–water partition coefficient (Wildman–Crippen LogP) is 4.02. The van der Waals surface area contributed by atoms with Crippen molar-refractivity contribution >= 4 is 28.4 Å². The van der Waals surface area contributed by atoms with Crippen molar-refractivity contribution < 1.29 is 9.59 Å². The van der Waals surface area contributed by atoms with Gasteiger partial charge in [-0.05, 0) is 48.7 Å². The second-order valence-corrected chi connectivity index (χ2v) is 6.71. The number of anilines is 1. The van der Waals surface area contributed by atoms with E-state index in [0.717, 1.165) is 27.6 Å². The number of nitrogens with one attached hydrogen (secondary N) is 2. The van der Waals surface area contributed by atoms with Crippen LogP contribution in [0.15, 0.2) is 42.5 Å². The minimum atomic E-state index is -0.198. The molecule has 3 aromatic rings. The molecule has 0 aliphatic carbocycles.